The zero-order chi connectivity index (χ0) is 21.0. The van der Waals surface area contributed by atoms with E-state index in [1.165, 1.54) is 6.07 Å². The number of nitrogens with zero attached hydrogens (tertiary/aromatic N) is 2. The number of carbonyl (C=O) groups is 1. The molecule has 0 unspecified atom stereocenters. The molecular formula is C24H21N3O3. The predicted molar refractivity (Wildman–Crippen MR) is 116 cm³/mol. The summed E-state index contributed by atoms with van der Waals surface area (Å²) in [5.41, 5.74) is 4.91. The summed E-state index contributed by atoms with van der Waals surface area (Å²) < 4.78 is 0. The molecule has 0 saturated carbocycles. The van der Waals surface area contributed by atoms with Gasteiger partial charge in [-0.1, -0.05) is 44.2 Å². The molecule has 0 bridgehead atoms. The molecule has 1 N–H and O–H groups in total. The van der Waals surface area contributed by atoms with Gasteiger partial charge in [-0.05, 0) is 23.5 Å². The number of H-pyrrole nitrogens is 1. The Kier molecular flexibility index (Phi) is 4.00. The lowest BCUT2D eigenvalue weighted by atomic mass is 9.74. The average Bonchev–Trinajstić information content (AvgIpc) is 3.07. The minimum absolute atomic E-state index is 0.0645. The van der Waals surface area contributed by atoms with E-state index in [9.17, 15) is 14.9 Å². The number of nitrogens with one attached hydrogen (secondary N) is 1. The van der Waals surface area contributed by atoms with Crippen LogP contribution in [0.5, 0.6) is 0 Å². The lowest BCUT2D eigenvalue weighted by molar-refractivity contribution is -0.384. The van der Waals surface area contributed by atoms with E-state index in [1.807, 2.05) is 30.3 Å². The van der Waals surface area contributed by atoms with E-state index in [1.54, 1.807) is 12.1 Å². The highest BCUT2D eigenvalue weighted by Gasteiger charge is 2.34. The van der Waals surface area contributed by atoms with Crippen molar-refractivity contribution < 1.29 is 9.72 Å². The Labute approximate surface area is 173 Å². The number of Topliss-reactive ketones (excluding diaryl/α,β-unsaturated/α-hetero) is 1. The van der Waals surface area contributed by atoms with Gasteiger partial charge in [0.1, 0.15) is 0 Å². The van der Waals surface area contributed by atoms with Gasteiger partial charge in [0, 0.05) is 46.8 Å². The molecule has 1 aliphatic rings. The Balaban J connectivity index is 1.77. The van der Waals surface area contributed by atoms with Crippen LogP contribution in [0.2, 0.25) is 0 Å². The number of aromatic nitrogens is 2. The van der Waals surface area contributed by atoms with Gasteiger partial charge < -0.3 is 4.98 Å². The highest BCUT2D eigenvalue weighted by atomic mass is 16.6. The molecule has 0 aliphatic heterocycles. The summed E-state index contributed by atoms with van der Waals surface area (Å²) in [5.74, 6) is 0.130. The molecule has 30 heavy (non-hydrogen) atoms. The van der Waals surface area contributed by atoms with Crippen molar-refractivity contribution in [2.75, 3.05) is 0 Å². The Morgan fingerprint density at radius 2 is 1.93 bits per heavy atom. The standard InChI is InChI=1S/C24H21N3O3/c1-24(2)12-19-22(20(28)13-24)21-16-8-3-4-9-17(16)26-23(21)18(25-19)11-14-6-5-7-15(10-14)27(29)30/h3-10,26H,11-13H2,1-2H3. The van der Waals surface area contributed by atoms with Crippen molar-refractivity contribution in [1.29, 1.82) is 0 Å². The number of nitro groups is 1. The zero-order valence-corrected chi connectivity index (χ0v) is 16.9. The first kappa shape index (κ1) is 18.5. The fraction of sp³-hybridized carbons (Fsp3) is 0.250. The van der Waals surface area contributed by atoms with Gasteiger partial charge in [0.15, 0.2) is 5.78 Å². The topological polar surface area (TPSA) is 88.9 Å². The third-order valence-electron chi connectivity index (χ3n) is 5.86. The molecule has 2 aromatic heterocycles. The molecule has 150 valence electrons. The first-order chi connectivity index (χ1) is 14.3. The minimum atomic E-state index is -0.385. The van der Waals surface area contributed by atoms with E-state index in [2.05, 4.69) is 18.8 Å². The Bertz CT molecular complexity index is 1350. The van der Waals surface area contributed by atoms with Gasteiger partial charge in [0.25, 0.3) is 5.69 Å². The first-order valence-electron chi connectivity index (χ1n) is 10.0. The maximum absolute atomic E-state index is 13.1. The molecule has 4 aromatic rings. The van der Waals surface area contributed by atoms with Crippen LogP contribution in [-0.4, -0.2) is 20.7 Å². The summed E-state index contributed by atoms with van der Waals surface area (Å²) in [7, 11) is 0. The third-order valence-corrected chi connectivity index (χ3v) is 5.86. The monoisotopic (exact) mass is 399 g/mol. The fourth-order valence-electron chi connectivity index (χ4n) is 4.61. The summed E-state index contributed by atoms with van der Waals surface area (Å²) in [5, 5.41) is 13.1. The van der Waals surface area contributed by atoms with Crippen LogP contribution in [-0.2, 0) is 12.8 Å². The number of pyridine rings is 1. The van der Waals surface area contributed by atoms with E-state index >= 15 is 0 Å². The second-order valence-electron chi connectivity index (χ2n) is 8.85. The van der Waals surface area contributed by atoms with Crippen LogP contribution < -0.4 is 0 Å². The number of para-hydroxylation sites is 1. The molecule has 0 atom stereocenters. The molecular weight excluding hydrogens is 378 g/mol. The number of nitro benzene ring substituents is 1. The highest BCUT2D eigenvalue weighted by Crippen LogP contribution is 2.40. The molecule has 0 saturated heterocycles. The van der Waals surface area contributed by atoms with E-state index in [0.29, 0.717) is 12.8 Å². The van der Waals surface area contributed by atoms with Crippen molar-refractivity contribution in [3.05, 3.63) is 81.2 Å². The van der Waals surface area contributed by atoms with Crippen LogP contribution >= 0.6 is 0 Å². The molecule has 2 aromatic carbocycles. The van der Waals surface area contributed by atoms with Gasteiger partial charge in [0.05, 0.1) is 21.8 Å². The van der Waals surface area contributed by atoms with Crippen LogP contribution in [0.25, 0.3) is 21.8 Å². The normalized spacial score (nSPS) is 15.5. The number of hydrogen-bond acceptors (Lipinski definition) is 4. The second kappa shape index (κ2) is 6.49. The molecule has 1 aliphatic carbocycles. The molecule has 0 fully saturated rings. The van der Waals surface area contributed by atoms with Crippen molar-refractivity contribution in [3.63, 3.8) is 0 Å². The number of rotatable bonds is 3. The SMILES string of the molecule is CC1(C)CC(=O)c2c(nc(Cc3cccc([N+](=O)[O-])c3)c3[nH]c4ccccc4c23)C1. The van der Waals surface area contributed by atoms with Crippen LogP contribution in [0.3, 0.4) is 0 Å². The van der Waals surface area contributed by atoms with Gasteiger partial charge in [0.2, 0.25) is 0 Å². The fourth-order valence-corrected chi connectivity index (χ4v) is 4.61. The predicted octanol–water partition coefficient (Wildman–Crippen LogP) is 5.37. The Hall–Kier alpha value is -3.54. The van der Waals surface area contributed by atoms with Crippen LogP contribution in [0.4, 0.5) is 5.69 Å². The van der Waals surface area contributed by atoms with E-state index in [-0.39, 0.29) is 21.8 Å². The van der Waals surface area contributed by atoms with Gasteiger partial charge in [-0.3, -0.25) is 19.9 Å². The Morgan fingerprint density at radius 1 is 1.13 bits per heavy atom. The summed E-state index contributed by atoms with van der Waals surface area (Å²) in [4.78, 5) is 32.3. The number of carbonyl (C=O) groups excluding carboxylic acids is 1. The van der Waals surface area contributed by atoms with Gasteiger partial charge in [-0.2, -0.15) is 0 Å². The van der Waals surface area contributed by atoms with E-state index in [4.69, 9.17) is 4.98 Å². The van der Waals surface area contributed by atoms with Crippen molar-refractivity contribution in [2.45, 2.75) is 33.1 Å². The summed E-state index contributed by atoms with van der Waals surface area (Å²) in [6, 6.07) is 14.6. The van der Waals surface area contributed by atoms with E-state index in [0.717, 1.165) is 50.7 Å². The highest BCUT2D eigenvalue weighted by molar-refractivity contribution is 6.19. The zero-order valence-electron chi connectivity index (χ0n) is 16.9. The minimum Gasteiger partial charge on any atom is -0.353 e. The maximum Gasteiger partial charge on any atom is 0.269 e. The quantitative estimate of drug-likeness (QED) is 0.370. The molecule has 6 nitrogen and oxygen atoms in total. The first-order valence-corrected chi connectivity index (χ1v) is 10.0. The molecule has 2 heterocycles. The largest absolute Gasteiger partial charge is 0.353 e. The molecule has 6 heteroatoms. The average molecular weight is 399 g/mol. The number of benzene rings is 2. The number of aromatic amines is 1. The number of fused-ring (bicyclic) bond motifs is 5. The summed E-state index contributed by atoms with van der Waals surface area (Å²) >= 11 is 0. The number of hydrogen-bond donors (Lipinski definition) is 1. The Morgan fingerprint density at radius 3 is 2.73 bits per heavy atom. The molecule has 0 radical (unpaired) electrons. The van der Waals surface area contributed by atoms with Crippen LogP contribution in [0.15, 0.2) is 48.5 Å². The molecule has 0 amide bonds. The smallest absolute Gasteiger partial charge is 0.269 e. The van der Waals surface area contributed by atoms with Crippen molar-refractivity contribution >= 4 is 33.3 Å². The van der Waals surface area contributed by atoms with Gasteiger partial charge >= 0.3 is 0 Å². The third kappa shape index (κ3) is 2.96. The van der Waals surface area contributed by atoms with Crippen molar-refractivity contribution in [2.24, 2.45) is 5.41 Å². The number of non-ortho nitro benzene ring substituents is 1. The van der Waals surface area contributed by atoms with Crippen molar-refractivity contribution in [1.82, 2.24) is 9.97 Å². The number of ketones is 1. The van der Waals surface area contributed by atoms with E-state index < -0.39 is 0 Å². The lowest BCUT2D eigenvalue weighted by Gasteiger charge is -2.30. The van der Waals surface area contributed by atoms with Crippen molar-refractivity contribution in [3.8, 4) is 0 Å². The maximum atomic E-state index is 13.1. The molecule has 0 spiro atoms. The van der Waals surface area contributed by atoms with Gasteiger partial charge in [-0.25, -0.2) is 0 Å². The van der Waals surface area contributed by atoms with Crippen LogP contribution in [0.1, 0.15) is 47.6 Å². The summed E-state index contributed by atoms with van der Waals surface area (Å²) in [6.07, 6.45) is 1.68. The lowest BCUT2D eigenvalue weighted by Crippen LogP contribution is -2.28. The van der Waals surface area contributed by atoms with Crippen LogP contribution in [0, 0.1) is 15.5 Å². The molecule has 5 rings (SSSR count). The second-order valence-corrected chi connectivity index (χ2v) is 8.85. The summed E-state index contributed by atoms with van der Waals surface area (Å²) in [6.45, 7) is 4.18. The van der Waals surface area contributed by atoms with Gasteiger partial charge in [-0.15, -0.1) is 0 Å².